The smallest absolute Gasteiger partial charge is 0.287 e. The van der Waals surface area contributed by atoms with Crippen molar-refractivity contribution < 1.29 is 31.5 Å². The van der Waals surface area contributed by atoms with E-state index >= 15 is 0 Å². The van der Waals surface area contributed by atoms with Gasteiger partial charge in [0.1, 0.15) is 5.39 Å². The molecule has 1 fully saturated rings. The number of hydrogen-bond donors (Lipinski definition) is 3. The number of H-pyrrole nitrogens is 1. The second kappa shape index (κ2) is 12.1. The van der Waals surface area contributed by atoms with Crippen LogP contribution in [0.1, 0.15) is 48.3 Å². The van der Waals surface area contributed by atoms with Crippen molar-refractivity contribution in [1.82, 2.24) is 20.0 Å². The molecule has 39 heavy (non-hydrogen) atoms. The first-order chi connectivity index (χ1) is 18.5. The van der Waals surface area contributed by atoms with Crippen LogP contribution < -0.4 is 25.1 Å². The molecule has 1 aliphatic carbocycles. The number of methoxy groups -OCH3 is 1. The lowest BCUT2D eigenvalue weighted by molar-refractivity contribution is 0.0940. The Hall–Kier alpha value is -3.58. The number of ether oxygens (including phenoxy) is 2. The number of fused-ring (bicyclic) bond motifs is 1. The average Bonchev–Trinajstić information content (AvgIpc) is 2.89. The number of nitrogens with zero attached hydrogens (tertiary/aromatic N) is 1. The summed E-state index contributed by atoms with van der Waals surface area (Å²) in [5.74, 6) is -2.12. The van der Waals surface area contributed by atoms with Crippen LogP contribution in [0.15, 0.2) is 35.1 Å². The fraction of sp³-hybridized carbons (Fsp3) is 0.423. The lowest BCUT2D eigenvalue weighted by atomic mass is 9.85. The number of nitrogens with one attached hydrogen (secondary N) is 3. The summed E-state index contributed by atoms with van der Waals surface area (Å²) >= 11 is 0. The maximum atomic E-state index is 14.6. The fourth-order valence-corrected chi connectivity index (χ4v) is 5.55. The molecule has 0 radical (unpaired) electrons. The molecule has 0 unspecified atom stereocenters. The van der Waals surface area contributed by atoms with E-state index in [-0.39, 0.29) is 53.3 Å². The molecule has 13 heteroatoms. The average molecular weight is 565 g/mol. The highest BCUT2D eigenvalue weighted by molar-refractivity contribution is 7.88. The van der Waals surface area contributed by atoms with Crippen molar-refractivity contribution in [3.8, 4) is 11.5 Å². The van der Waals surface area contributed by atoms with Gasteiger partial charge in [0.25, 0.3) is 11.5 Å². The largest absolute Gasteiger partial charge is 0.494 e. The zero-order valence-electron chi connectivity index (χ0n) is 21.6. The molecule has 0 aliphatic heterocycles. The third-order valence-corrected chi connectivity index (χ3v) is 7.42. The van der Waals surface area contributed by atoms with Crippen LogP contribution >= 0.6 is 0 Å². The summed E-state index contributed by atoms with van der Waals surface area (Å²) < 4.78 is 64.3. The zero-order valence-corrected chi connectivity index (χ0v) is 22.4. The van der Waals surface area contributed by atoms with Gasteiger partial charge in [-0.1, -0.05) is 6.07 Å². The number of carbonyl (C=O) groups is 1. The van der Waals surface area contributed by atoms with Crippen LogP contribution in [0.5, 0.6) is 11.5 Å². The van der Waals surface area contributed by atoms with Gasteiger partial charge >= 0.3 is 0 Å². The van der Waals surface area contributed by atoms with E-state index in [0.29, 0.717) is 24.8 Å². The van der Waals surface area contributed by atoms with Gasteiger partial charge in [0.2, 0.25) is 10.0 Å². The molecule has 0 spiro atoms. The molecular weight excluding hydrogens is 534 g/mol. The molecule has 1 aromatic heterocycles. The van der Waals surface area contributed by atoms with E-state index in [1.165, 1.54) is 31.4 Å². The van der Waals surface area contributed by atoms with E-state index in [2.05, 4.69) is 20.0 Å². The van der Waals surface area contributed by atoms with Gasteiger partial charge in [0.05, 0.1) is 25.5 Å². The number of rotatable bonds is 10. The number of amides is 1. The monoisotopic (exact) mass is 564 g/mol. The molecule has 3 aromatic rings. The van der Waals surface area contributed by atoms with Crippen LogP contribution in [0.25, 0.3) is 10.9 Å². The molecule has 1 aliphatic rings. The molecule has 0 atom stereocenters. The van der Waals surface area contributed by atoms with Crippen LogP contribution in [0.4, 0.5) is 8.78 Å². The van der Waals surface area contributed by atoms with Gasteiger partial charge in [0, 0.05) is 12.6 Å². The second-order valence-electron chi connectivity index (χ2n) is 9.58. The summed E-state index contributed by atoms with van der Waals surface area (Å²) in [4.78, 5) is 32.1. The van der Waals surface area contributed by atoms with Crippen LogP contribution in [0.3, 0.4) is 0 Å². The molecule has 1 saturated carbocycles. The Morgan fingerprint density at radius 1 is 1.13 bits per heavy atom. The molecule has 2 aromatic carbocycles. The minimum atomic E-state index is -3.25. The molecule has 0 saturated heterocycles. The van der Waals surface area contributed by atoms with E-state index in [4.69, 9.17) is 9.47 Å². The minimum Gasteiger partial charge on any atom is -0.494 e. The number of aromatic amines is 1. The Balaban J connectivity index is 1.40. The summed E-state index contributed by atoms with van der Waals surface area (Å²) in [5.41, 5.74) is -0.0609. The van der Waals surface area contributed by atoms with Gasteiger partial charge < -0.3 is 19.8 Å². The van der Waals surface area contributed by atoms with Gasteiger partial charge in [-0.3, -0.25) is 9.59 Å². The molecule has 210 valence electrons. The quantitative estimate of drug-likeness (QED) is 0.344. The predicted molar refractivity (Wildman–Crippen MR) is 140 cm³/mol. The first-order valence-corrected chi connectivity index (χ1v) is 14.4. The Kier molecular flexibility index (Phi) is 8.80. The van der Waals surface area contributed by atoms with Crippen LogP contribution in [0.2, 0.25) is 0 Å². The van der Waals surface area contributed by atoms with Crippen LogP contribution in [-0.4, -0.2) is 50.3 Å². The Labute approximate surface area is 224 Å². The molecule has 1 amide bonds. The Morgan fingerprint density at radius 2 is 1.85 bits per heavy atom. The van der Waals surface area contributed by atoms with Crippen molar-refractivity contribution in [3.05, 3.63) is 63.7 Å². The highest BCUT2D eigenvalue weighted by Crippen LogP contribution is 2.29. The lowest BCUT2D eigenvalue weighted by Gasteiger charge is -2.28. The van der Waals surface area contributed by atoms with E-state index < -0.39 is 33.1 Å². The number of halogens is 2. The van der Waals surface area contributed by atoms with Crippen molar-refractivity contribution in [2.24, 2.45) is 5.92 Å². The topological polar surface area (TPSA) is 139 Å². The summed E-state index contributed by atoms with van der Waals surface area (Å²) in [6, 6.07) is 6.48. The maximum absolute atomic E-state index is 14.6. The SMILES string of the molecule is COc1cc(CNC(=O)c2nc3ccc(F)c(OCCC4CCC(NS(C)(=O)=O)CC4)c3c(=O)[nH]2)ccc1F. The van der Waals surface area contributed by atoms with Crippen molar-refractivity contribution in [3.63, 3.8) is 0 Å². The summed E-state index contributed by atoms with van der Waals surface area (Å²) in [7, 11) is -1.92. The van der Waals surface area contributed by atoms with Crippen LogP contribution in [-0.2, 0) is 16.6 Å². The number of carbonyl (C=O) groups excluding carboxylic acids is 1. The lowest BCUT2D eigenvalue weighted by Crippen LogP contribution is -2.37. The zero-order chi connectivity index (χ0) is 28.2. The predicted octanol–water partition coefficient (Wildman–Crippen LogP) is 3.02. The highest BCUT2D eigenvalue weighted by atomic mass is 32.2. The minimum absolute atomic E-state index is 0.0290. The van der Waals surface area contributed by atoms with Crippen molar-refractivity contribution in [2.75, 3.05) is 20.0 Å². The van der Waals surface area contributed by atoms with Gasteiger partial charge in [-0.25, -0.2) is 26.9 Å². The molecule has 3 N–H and O–H groups in total. The van der Waals surface area contributed by atoms with Crippen molar-refractivity contribution in [2.45, 2.75) is 44.7 Å². The van der Waals surface area contributed by atoms with E-state index in [0.717, 1.165) is 25.2 Å². The highest BCUT2D eigenvalue weighted by Gasteiger charge is 2.24. The summed E-state index contributed by atoms with van der Waals surface area (Å²) in [6.07, 6.45) is 4.79. The van der Waals surface area contributed by atoms with Gasteiger partial charge in [0.15, 0.2) is 29.0 Å². The maximum Gasteiger partial charge on any atom is 0.287 e. The fourth-order valence-electron chi connectivity index (χ4n) is 4.71. The molecule has 1 heterocycles. The second-order valence-corrected chi connectivity index (χ2v) is 11.4. The number of hydrogen-bond acceptors (Lipinski definition) is 7. The first-order valence-electron chi connectivity index (χ1n) is 12.5. The number of benzene rings is 2. The molecular formula is C26H30F2N4O6S. The number of sulfonamides is 1. The Morgan fingerprint density at radius 3 is 2.54 bits per heavy atom. The molecule has 4 rings (SSSR count). The summed E-state index contributed by atoms with van der Waals surface area (Å²) in [5, 5.41) is 2.50. The standard InChI is InChI=1S/C26H30F2N4O6S/c1-37-21-13-16(5-8-18(21)27)14-29-26(34)24-30-20-10-9-19(28)23(22(20)25(33)31-24)38-12-11-15-3-6-17(7-4-15)32-39(2,35)36/h5,8-10,13,15,17,32H,3-4,6-7,11-12,14H2,1-2H3,(H,29,34)(H,30,31,33). The van der Waals surface area contributed by atoms with E-state index in [9.17, 15) is 26.8 Å². The third kappa shape index (κ3) is 7.30. The van der Waals surface area contributed by atoms with Crippen molar-refractivity contribution >= 4 is 26.8 Å². The molecule has 10 nitrogen and oxygen atoms in total. The van der Waals surface area contributed by atoms with Gasteiger partial charge in [-0.05, 0) is 67.9 Å². The summed E-state index contributed by atoms with van der Waals surface area (Å²) in [6.45, 7) is 0.189. The van der Waals surface area contributed by atoms with Gasteiger partial charge in [-0.2, -0.15) is 0 Å². The van der Waals surface area contributed by atoms with E-state index in [1.807, 2.05) is 0 Å². The van der Waals surface area contributed by atoms with Crippen LogP contribution in [0, 0.1) is 17.6 Å². The number of aromatic nitrogens is 2. The first kappa shape index (κ1) is 28.4. The van der Waals surface area contributed by atoms with Gasteiger partial charge in [-0.15, -0.1) is 0 Å². The Bertz CT molecular complexity index is 1520. The normalized spacial score (nSPS) is 17.6. The molecule has 0 bridgehead atoms. The van der Waals surface area contributed by atoms with E-state index in [1.54, 1.807) is 0 Å². The van der Waals surface area contributed by atoms with Crippen molar-refractivity contribution in [1.29, 1.82) is 0 Å². The third-order valence-electron chi connectivity index (χ3n) is 6.66.